The summed E-state index contributed by atoms with van der Waals surface area (Å²) < 4.78 is 13.5. The second-order valence-corrected chi connectivity index (χ2v) is 4.90. The molecule has 0 aliphatic carbocycles. The van der Waals surface area contributed by atoms with Crippen molar-refractivity contribution in [3.8, 4) is 0 Å². The molecule has 0 amide bonds. The van der Waals surface area contributed by atoms with Gasteiger partial charge in [0.1, 0.15) is 11.9 Å². The highest BCUT2D eigenvalue weighted by Crippen LogP contribution is 2.10. The van der Waals surface area contributed by atoms with Crippen LogP contribution >= 0.6 is 0 Å². The van der Waals surface area contributed by atoms with Crippen molar-refractivity contribution < 1.29 is 14.3 Å². The summed E-state index contributed by atoms with van der Waals surface area (Å²) in [7, 11) is 0. The highest BCUT2D eigenvalue weighted by atomic mass is 19.1. The van der Waals surface area contributed by atoms with Crippen molar-refractivity contribution >= 4 is 5.97 Å². The Balaban J connectivity index is 2.55. The number of carbonyl (C=O) groups is 1. The standard InChI is InChI=1S/C15H22FNO2/c1-3-4-9-14(15(18)19)17-11(2)10-12-7-5-6-8-13(12)16/h5-8,11,14,17H,3-4,9-10H2,1-2H3,(H,18,19)/t11?,14-/m0/s1. The van der Waals surface area contributed by atoms with Gasteiger partial charge in [-0.05, 0) is 31.4 Å². The van der Waals surface area contributed by atoms with Gasteiger partial charge in [-0.1, -0.05) is 38.0 Å². The van der Waals surface area contributed by atoms with E-state index in [1.165, 1.54) is 6.07 Å². The largest absolute Gasteiger partial charge is 0.480 e. The molecule has 0 heterocycles. The molecule has 0 bridgehead atoms. The number of hydrogen-bond donors (Lipinski definition) is 2. The number of halogens is 1. The summed E-state index contributed by atoms with van der Waals surface area (Å²) in [5, 5.41) is 12.2. The summed E-state index contributed by atoms with van der Waals surface area (Å²) in [6, 6.07) is 5.97. The van der Waals surface area contributed by atoms with Gasteiger partial charge in [0.25, 0.3) is 0 Å². The van der Waals surface area contributed by atoms with E-state index in [1.807, 2.05) is 13.8 Å². The molecule has 3 nitrogen and oxygen atoms in total. The summed E-state index contributed by atoms with van der Waals surface area (Å²) >= 11 is 0. The third-order valence-corrected chi connectivity index (χ3v) is 3.11. The number of benzene rings is 1. The van der Waals surface area contributed by atoms with Crippen molar-refractivity contribution in [2.45, 2.75) is 51.6 Å². The van der Waals surface area contributed by atoms with E-state index in [0.717, 1.165) is 12.8 Å². The third-order valence-electron chi connectivity index (χ3n) is 3.11. The fourth-order valence-electron chi connectivity index (χ4n) is 2.08. The van der Waals surface area contributed by atoms with Crippen molar-refractivity contribution in [1.29, 1.82) is 0 Å². The average Bonchev–Trinajstić information content (AvgIpc) is 2.37. The van der Waals surface area contributed by atoms with Gasteiger partial charge >= 0.3 is 5.97 Å². The van der Waals surface area contributed by atoms with Crippen LogP contribution in [0.2, 0.25) is 0 Å². The molecule has 1 unspecified atom stereocenters. The second kappa shape index (κ2) is 7.89. The maximum absolute atomic E-state index is 13.5. The number of carboxylic acids is 1. The van der Waals surface area contributed by atoms with Gasteiger partial charge in [0.05, 0.1) is 0 Å². The smallest absolute Gasteiger partial charge is 0.320 e. The van der Waals surface area contributed by atoms with E-state index in [4.69, 9.17) is 5.11 Å². The Morgan fingerprint density at radius 2 is 2.11 bits per heavy atom. The molecule has 0 saturated heterocycles. The Morgan fingerprint density at radius 1 is 1.42 bits per heavy atom. The molecule has 2 N–H and O–H groups in total. The predicted molar refractivity (Wildman–Crippen MR) is 73.7 cm³/mol. The minimum atomic E-state index is -0.839. The van der Waals surface area contributed by atoms with Crippen molar-refractivity contribution in [2.24, 2.45) is 0 Å². The minimum absolute atomic E-state index is 0.0742. The highest BCUT2D eigenvalue weighted by molar-refractivity contribution is 5.73. The lowest BCUT2D eigenvalue weighted by Crippen LogP contribution is -2.43. The first-order chi connectivity index (χ1) is 9.04. The van der Waals surface area contributed by atoms with Gasteiger partial charge < -0.3 is 10.4 Å². The first-order valence-corrected chi connectivity index (χ1v) is 6.76. The van der Waals surface area contributed by atoms with Crippen molar-refractivity contribution in [1.82, 2.24) is 5.32 Å². The number of rotatable bonds is 8. The Hall–Kier alpha value is -1.42. The first kappa shape index (κ1) is 15.6. The second-order valence-electron chi connectivity index (χ2n) is 4.90. The Morgan fingerprint density at radius 3 is 2.68 bits per heavy atom. The quantitative estimate of drug-likeness (QED) is 0.761. The van der Waals surface area contributed by atoms with Crippen LogP contribution in [0.5, 0.6) is 0 Å². The molecule has 1 aromatic rings. The van der Waals surface area contributed by atoms with Gasteiger partial charge in [-0.3, -0.25) is 4.79 Å². The van der Waals surface area contributed by atoms with Crippen LogP contribution in [0.3, 0.4) is 0 Å². The minimum Gasteiger partial charge on any atom is -0.480 e. The maximum Gasteiger partial charge on any atom is 0.320 e. The van der Waals surface area contributed by atoms with E-state index < -0.39 is 12.0 Å². The van der Waals surface area contributed by atoms with Crippen LogP contribution < -0.4 is 5.32 Å². The van der Waals surface area contributed by atoms with E-state index in [2.05, 4.69) is 5.32 Å². The molecular weight excluding hydrogens is 245 g/mol. The van der Waals surface area contributed by atoms with Crippen LogP contribution in [-0.4, -0.2) is 23.2 Å². The molecule has 0 aromatic heterocycles. The molecule has 19 heavy (non-hydrogen) atoms. The van der Waals surface area contributed by atoms with E-state index in [-0.39, 0.29) is 11.9 Å². The zero-order valence-electron chi connectivity index (χ0n) is 11.5. The third kappa shape index (κ3) is 5.39. The number of aliphatic carboxylic acids is 1. The van der Waals surface area contributed by atoms with Crippen molar-refractivity contribution in [3.05, 3.63) is 35.6 Å². The van der Waals surface area contributed by atoms with Crippen LogP contribution in [-0.2, 0) is 11.2 Å². The monoisotopic (exact) mass is 267 g/mol. The van der Waals surface area contributed by atoms with Gasteiger partial charge in [0.15, 0.2) is 0 Å². The zero-order chi connectivity index (χ0) is 14.3. The molecule has 1 aromatic carbocycles. The molecule has 0 fully saturated rings. The molecule has 0 spiro atoms. The summed E-state index contributed by atoms with van der Waals surface area (Å²) in [6.07, 6.45) is 2.93. The SMILES string of the molecule is CCCC[C@H](NC(C)Cc1ccccc1F)C(=O)O. The molecule has 1 rings (SSSR count). The molecule has 0 aliphatic rings. The number of carboxylic acid groups (broad SMARTS) is 1. The topological polar surface area (TPSA) is 49.3 Å². The summed E-state index contributed by atoms with van der Waals surface area (Å²) in [5.41, 5.74) is 0.613. The van der Waals surface area contributed by atoms with E-state index >= 15 is 0 Å². The van der Waals surface area contributed by atoms with Crippen LogP contribution in [0.25, 0.3) is 0 Å². The molecule has 2 atom stereocenters. The molecular formula is C15H22FNO2. The van der Waals surface area contributed by atoms with E-state index in [9.17, 15) is 9.18 Å². The van der Waals surface area contributed by atoms with Crippen LogP contribution in [0.1, 0.15) is 38.7 Å². The van der Waals surface area contributed by atoms with E-state index in [1.54, 1.807) is 18.2 Å². The van der Waals surface area contributed by atoms with Crippen LogP contribution in [0, 0.1) is 5.82 Å². The average molecular weight is 267 g/mol. The molecule has 0 radical (unpaired) electrons. The zero-order valence-corrected chi connectivity index (χ0v) is 11.5. The lowest BCUT2D eigenvalue weighted by atomic mass is 10.0. The van der Waals surface area contributed by atoms with Gasteiger partial charge in [0.2, 0.25) is 0 Å². The van der Waals surface area contributed by atoms with Crippen LogP contribution in [0.4, 0.5) is 4.39 Å². The maximum atomic E-state index is 13.5. The van der Waals surface area contributed by atoms with Gasteiger partial charge in [-0.2, -0.15) is 0 Å². The molecule has 0 aliphatic heterocycles. The summed E-state index contributed by atoms with van der Waals surface area (Å²) in [6.45, 7) is 3.91. The molecule has 0 saturated carbocycles. The fourth-order valence-corrected chi connectivity index (χ4v) is 2.08. The highest BCUT2D eigenvalue weighted by Gasteiger charge is 2.19. The summed E-state index contributed by atoms with van der Waals surface area (Å²) in [5.74, 6) is -1.08. The Labute approximate surface area is 113 Å². The van der Waals surface area contributed by atoms with Crippen LogP contribution in [0.15, 0.2) is 24.3 Å². The lowest BCUT2D eigenvalue weighted by Gasteiger charge is -2.20. The van der Waals surface area contributed by atoms with E-state index in [0.29, 0.717) is 18.4 Å². The normalized spacial score (nSPS) is 14.1. The van der Waals surface area contributed by atoms with Gasteiger partial charge in [0, 0.05) is 6.04 Å². The van der Waals surface area contributed by atoms with Gasteiger partial charge in [-0.25, -0.2) is 4.39 Å². The first-order valence-electron chi connectivity index (χ1n) is 6.76. The number of nitrogens with one attached hydrogen (secondary N) is 1. The number of unbranched alkanes of at least 4 members (excludes halogenated alkanes) is 1. The summed E-state index contributed by atoms with van der Waals surface area (Å²) in [4.78, 5) is 11.1. The van der Waals surface area contributed by atoms with Gasteiger partial charge in [-0.15, -0.1) is 0 Å². The lowest BCUT2D eigenvalue weighted by molar-refractivity contribution is -0.139. The van der Waals surface area contributed by atoms with Crippen molar-refractivity contribution in [3.63, 3.8) is 0 Å². The Kier molecular flexibility index (Phi) is 6.50. The predicted octanol–water partition coefficient (Wildman–Crippen LogP) is 2.99. The molecule has 4 heteroatoms. The Bertz CT molecular complexity index is 409. The number of hydrogen-bond acceptors (Lipinski definition) is 2. The van der Waals surface area contributed by atoms with Crippen molar-refractivity contribution in [2.75, 3.05) is 0 Å². The fraction of sp³-hybridized carbons (Fsp3) is 0.533. The molecule has 106 valence electrons.